The molecule has 6 aromatic rings. The summed E-state index contributed by atoms with van der Waals surface area (Å²) >= 11 is 1.43. The van der Waals surface area contributed by atoms with E-state index in [9.17, 15) is 9.18 Å². The number of hydrogen-bond donors (Lipinski definition) is 0. The van der Waals surface area contributed by atoms with Crippen LogP contribution in [0.2, 0.25) is 0 Å². The zero-order valence-corrected chi connectivity index (χ0v) is 26.3. The molecule has 1 amide bonds. The van der Waals surface area contributed by atoms with Crippen LogP contribution >= 0.6 is 11.3 Å². The number of halogens is 2. The third-order valence-corrected chi connectivity index (χ3v) is 9.11. The van der Waals surface area contributed by atoms with Gasteiger partial charge in [-0.05, 0) is 42.6 Å². The first kappa shape index (κ1) is 29.8. The van der Waals surface area contributed by atoms with E-state index in [0.29, 0.717) is 35.7 Å². The summed E-state index contributed by atoms with van der Waals surface area (Å²) in [7, 11) is 3.40. The van der Waals surface area contributed by atoms with Crippen LogP contribution in [0.1, 0.15) is 12.6 Å². The zero-order chi connectivity index (χ0) is 32.1. The molecule has 9 nitrogen and oxygen atoms in total. The van der Waals surface area contributed by atoms with E-state index >= 15 is 4.39 Å². The van der Waals surface area contributed by atoms with Crippen molar-refractivity contribution in [3.05, 3.63) is 84.0 Å². The highest BCUT2D eigenvalue weighted by molar-refractivity contribution is 7.18. The molecule has 4 aromatic heterocycles. The second-order valence-corrected chi connectivity index (χ2v) is 12.2. The van der Waals surface area contributed by atoms with Gasteiger partial charge in [0.05, 0.1) is 42.2 Å². The number of nitrogens with zero attached hydrogens (tertiary/aromatic N) is 6. The number of aryl methyl sites for hydroxylation is 1. The highest BCUT2D eigenvalue weighted by atomic mass is 32.1. The minimum Gasteiger partial charge on any atom is -0.490 e. The van der Waals surface area contributed by atoms with Gasteiger partial charge < -0.3 is 14.4 Å². The molecular formula is C34H30F2N6O3S. The topological polar surface area (TPSA) is 87.3 Å². The fraction of sp³-hybridized carbons (Fsp3) is 0.235. The third-order valence-electron chi connectivity index (χ3n) is 8.18. The van der Waals surface area contributed by atoms with Crippen molar-refractivity contribution < 1.29 is 23.0 Å². The standard InChI is InChI=1S/C34H30F2N6O3S/c1-5-29(43)41-18-23-15-27(39-42(23)16-19(41)2)33-31(30-25(36)13-22(35)14-28(30)45-10-9-44-4)34-24(8-11-46-34)32(37-33)20-6-7-26-21(12-20)17-40(3)38-26/h5-8,11-15,17,19H,1,9-10,16,18H2,2-4H3/t19-/m1/s1. The SMILES string of the molecule is C=CC(=O)N1Cc2cc(-c3nc(-c4ccc5nn(C)cc5c4)c4ccsc4c3-c3c(F)cc(F)cc3OCCOC)nn2C[C@H]1C. The van der Waals surface area contributed by atoms with Crippen LogP contribution in [0.15, 0.2) is 66.7 Å². The van der Waals surface area contributed by atoms with Crippen molar-refractivity contribution in [1.82, 2.24) is 29.4 Å². The first-order chi connectivity index (χ1) is 22.2. The number of amides is 1. The number of aromatic nitrogens is 5. The zero-order valence-electron chi connectivity index (χ0n) is 25.5. The lowest BCUT2D eigenvalue weighted by Crippen LogP contribution is -2.44. The van der Waals surface area contributed by atoms with E-state index in [1.54, 1.807) is 9.58 Å². The molecule has 234 valence electrons. The van der Waals surface area contributed by atoms with Gasteiger partial charge in [0.1, 0.15) is 35.4 Å². The number of rotatable bonds is 8. The lowest BCUT2D eigenvalue weighted by atomic mass is 9.96. The van der Waals surface area contributed by atoms with E-state index < -0.39 is 11.6 Å². The molecule has 12 heteroatoms. The first-order valence-electron chi connectivity index (χ1n) is 14.7. The van der Waals surface area contributed by atoms with E-state index in [1.165, 1.54) is 30.6 Å². The van der Waals surface area contributed by atoms with Crippen LogP contribution in [-0.2, 0) is 29.7 Å². The second-order valence-electron chi connectivity index (χ2n) is 11.2. The number of hydrogen-bond acceptors (Lipinski definition) is 7. The Morgan fingerprint density at radius 2 is 1.96 bits per heavy atom. The van der Waals surface area contributed by atoms with Crippen LogP contribution in [0.5, 0.6) is 5.75 Å². The van der Waals surface area contributed by atoms with Crippen molar-refractivity contribution in [3.8, 4) is 39.5 Å². The summed E-state index contributed by atoms with van der Waals surface area (Å²) in [5.41, 5.74) is 4.64. The van der Waals surface area contributed by atoms with Crippen molar-refractivity contribution in [3.63, 3.8) is 0 Å². The minimum absolute atomic E-state index is 0.0391. The predicted molar refractivity (Wildman–Crippen MR) is 173 cm³/mol. The average molecular weight is 641 g/mol. The molecule has 5 heterocycles. The van der Waals surface area contributed by atoms with Crippen molar-refractivity contribution >= 4 is 38.2 Å². The van der Waals surface area contributed by atoms with Crippen LogP contribution in [0.4, 0.5) is 8.78 Å². The molecule has 1 aliphatic rings. The van der Waals surface area contributed by atoms with Gasteiger partial charge in [-0.25, -0.2) is 13.8 Å². The molecule has 2 aromatic carbocycles. The Morgan fingerprint density at radius 1 is 1.11 bits per heavy atom. The number of fused-ring (bicyclic) bond motifs is 3. The third kappa shape index (κ3) is 5.13. The van der Waals surface area contributed by atoms with E-state index in [2.05, 4.69) is 11.7 Å². The molecule has 0 fully saturated rings. The molecule has 0 spiro atoms. The molecule has 0 unspecified atom stereocenters. The fourth-order valence-electron chi connectivity index (χ4n) is 6.05. The molecule has 0 bridgehead atoms. The van der Waals surface area contributed by atoms with Gasteiger partial charge in [0.15, 0.2) is 0 Å². The van der Waals surface area contributed by atoms with Gasteiger partial charge in [-0.1, -0.05) is 12.6 Å². The van der Waals surface area contributed by atoms with Gasteiger partial charge in [0.2, 0.25) is 5.91 Å². The first-order valence-corrected chi connectivity index (χ1v) is 15.6. The van der Waals surface area contributed by atoms with Crippen molar-refractivity contribution in [1.29, 1.82) is 0 Å². The maximum atomic E-state index is 16.0. The number of thiophene rings is 1. The Labute approximate surface area is 267 Å². The summed E-state index contributed by atoms with van der Waals surface area (Å²) < 4.78 is 46.1. The van der Waals surface area contributed by atoms with E-state index in [1.807, 2.05) is 60.6 Å². The predicted octanol–water partition coefficient (Wildman–Crippen LogP) is 6.60. The summed E-state index contributed by atoms with van der Waals surface area (Å²) in [5, 5.41) is 13.1. The Morgan fingerprint density at radius 3 is 2.76 bits per heavy atom. The van der Waals surface area contributed by atoms with E-state index in [4.69, 9.17) is 19.6 Å². The maximum absolute atomic E-state index is 16.0. The molecule has 46 heavy (non-hydrogen) atoms. The fourth-order valence-corrected chi connectivity index (χ4v) is 7.00. The molecule has 0 N–H and O–H groups in total. The van der Waals surface area contributed by atoms with E-state index in [0.717, 1.165) is 38.3 Å². The second kappa shape index (κ2) is 11.8. The molecule has 1 atom stereocenters. The molecule has 0 saturated carbocycles. The lowest BCUT2D eigenvalue weighted by Gasteiger charge is -2.33. The van der Waals surface area contributed by atoms with Crippen molar-refractivity contribution in [2.75, 3.05) is 20.3 Å². The molecular weight excluding hydrogens is 610 g/mol. The van der Waals surface area contributed by atoms with Gasteiger partial charge in [-0.3, -0.25) is 14.2 Å². The normalized spacial score (nSPS) is 14.6. The number of ether oxygens (including phenoxy) is 2. The largest absolute Gasteiger partial charge is 0.490 e. The smallest absolute Gasteiger partial charge is 0.246 e. The summed E-state index contributed by atoms with van der Waals surface area (Å²) in [6.07, 6.45) is 3.25. The number of benzene rings is 2. The van der Waals surface area contributed by atoms with Gasteiger partial charge >= 0.3 is 0 Å². The van der Waals surface area contributed by atoms with Crippen molar-refractivity contribution in [2.45, 2.75) is 26.1 Å². The molecule has 0 radical (unpaired) electrons. The summed E-state index contributed by atoms with van der Waals surface area (Å²) in [5.74, 6) is -1.67. The number of carbonyl (C=O) groups is 1. The van der Waals surface area contributed by atoms with Gasteiger partial charge in [-0.2, -0.15) is 10.2 Å². The van der Waals surface area contributed by atoms with Crippen LogP contribution in [-0.4, -0.2) is 61.7 Å². The van der Waals surface area contributed by atoms with Crippen LogP contribution in [0, 0.1) is 11.6 Å². The number of pyridine rings is 1. The van der Waals surface area contributed by atoms with Gasteiger partial charge in [-0.15, -0.1) is 11.3 Å². The summed E-state index contributed by atoms with van der Waals surface area (Å²) in [6, 6.07) is 11.7. The minimum atomic E-state index is -0.782. The Bertz CT molecular complexity index is 2150. The quantitative estimate of drug-likeness (QED) is 0.138. The average Bonchev–Trinajstić information content (AvgIpc) is 3.77. The van der Waals surface area contributed by atoms with Gasteiger partial charge in [0.25, 0.3) is 0 Å². The molecule has 0 saturated heterocycles. The highest BCUT2D eigenvalue weighted by Crippen LogP contribution is 2.47. The van der Waals surface area contributed by atoms with Crippen molar-refractivity contribution in [2.24, 2.45) is 7.05 Å². The van der Waals surface area contributed by atoms with Crippen LogP contribution in [0.3, 0.4) is 0 Å². The van der Waals surface area contributed by atoms with Crippen LogP contribution in [0.25, 0.3) is 54.8 Å². The highest BCUT2D eigenvalue weighted by Gasteiger charge is 2.30. The van der Waals surface area contributed by atoms with Gasteiger partial charge in [0, 0.05) is 65.1 Å². The Balaban J connectivity index is 1.49. The summed E-state index contributed by atoms with van der Waals surface area (Å²) in [6.45, 7) is 6.72. The Kier molecular flexibility index (Phi) is 7.61. The number of carbonyl (C=O) groups excluding carboxylic acids is 1. The number of methoxy groups -OCH3 is 1. The molecule has 1 aliphatic heterocycles. The molecule has 0 aliphatic carbocycles. The maximum Gasteiger partial charge on any atom is 0.246 e. The van der Waals surface area contributed by atoms with E-state index in [-0.39, 0.29) is 36.5 Å². The monoisotopic (exact) mass is 640 g/mol. The lowest BCUT2D eigenvalue weighted by molar-refractivity contribution is -0.129. The Hall–Kier alpha value is -4.94. The molecule has 7 rings (SSSR count). The van der Waals surface area contributed by atoms with Crippen LogP contribution < -0.4 is 4.74 Å². The summed E-state index contributed by atoms with van der Waals surface area (Å²) in [4.78, 5) is 19.5.